The molecule has 1 aromatic rings. The summed E-state index contributed by atoms with van der Waals surface area (Å²) >= 11 is 0. The van der Waals surface area contributed by atoms with Crippen LogP contribution in [0.25, 0.3) is 0 Å². The van der Waals surface area contributed by atoms with Gasteiger partial charge in [-0.2, -0.15) is 0 Å². The predicted octanol–water partition coefficient (Wildman–Crippen LogP) is 0.0290. The Balaban J connectivity index is 2.14. The van der Waals surface area contributed by atoms with E-state index in [1.165, 1.54) is 0 Å². The van der Waals surface area contributed by atoms with Crippen molar-refractivity contribution in [1.29, 1.82) is 0 Å². The van der Waals surface area contributed by atoms with E-state index in [-0.39, 0.29) is 6.79 Å². The first-order chi connectivity index (χ1) is 7.72. The molecule has 1 aromatic carbocycles. The van der Waals surface area contributed by atoms with Gasteiger partial charge in [0.05, 0.1) is 6.10 Å². The summed E-state index contributed by atoms with van der Waals surface area (Å²) in [4.78, 5) is 0. The Morgan fingerprint density at radius 1 is 1.31 bits per heavy atom. The molecule has 16 heavy (non-hydrogen) atoms. The Labute approximate surface area is 93.6 Å². The van der Waals surface area contributed by atoms with Crippen molar-refractivity contribution in [1.82, 2.24) is 5.32 Å². The second kappa shape index (κ2) is 4.69. The lowest BCUT2D eigenvalue weighted by atomic mass is 10.0. The van der Waals surface area contributed by atoms with Crippen LogP contribution < -0.4 is 14.8 Å². The van der Waals surface area contributed by atoms with Crippen LogP contribution in [-0.4, -0.2) is 36.7 Å². The molecule has 5 nitrogen and oxygen atoms in total. The molecule has 3 N–H and O–H groups in total. The Hall–Kier alpha value is -1.30. The summed E-state index contributed by atoms with van der Waals surface area (Å²) in [5.41, 5.74) is 0.618. The van der Waals surface area contributed by atoms with Gasteiger partial charge in [-0.3, -0.25) is 0 Å². The topological polar surface area (TPSA) is 71.0 Å². The smallest absolute Gasteiger partial charge is 0.231 e. The normalized spacial score (nSPS) is 17.2. The third-order valence-corrected chi connectivity index (χ3v) is 2.52. The van der Waals surface area contributed by atoms with Crippen LogP contribution >= 0.6 is 0 Å². The highest BCUT2D eigenvalue weighted by Gasteiger charge is 2.21. The van der Waals surface area contributed by atoms with Gasteiger partial charge in [0.15, 0.2) is 11.5 Å². The van der Waals surface area contributed by atoms with Gasteiger partial charge < -0.3 is 25.0 Å². The molecule has 0 fully saturated rings. The van der Waals surface area contributed by atoms with Gasteiger partial charge in [0, 0.05) is 6.54 Å². The number of benzene rings is 1. The van der Waals surface area contributed by atoms with Crippen molar-refractivity contribution in [3.63, 3.8) is 0 Å². The molecule has 0 saturated carbocycles. The predicted molar refractivity (Wildman–Crippen MR) is 57.5 cm³/mol. The highest BCUT2D eigenvalue weighted by atomic mass is 16.7. The molecule has 1 aliphatic rings. The first kappa shape index (κ1) is 11.2. The Kier molecular flexibility index (Phi) is 3.28. The van der Waals surface area contributed by atoms with Crippen LogP contribution in [0.4, 0.5) is 0 Å². The van der Waals surface area contributed by atoms with Crippen molar-refractivity contribution in [3.05, 3.63) is 23.8 Å². The molecule has 1 heterocycles. The lowest BCUT2D eigenvalue weighted by Gasteiger charge is -2.17. The zero-order chi connectivity index (χ0) is 11.5. The van der Waals surface area contributed by atoms with E-state index in [0.717, 1.165) is 0 Å². The number of hydrogen-bond acceptors (Lipinski definition) is 5. The van der Waals surface area contributed by atoms with Crippen LogP contribution in [0.1, 0.15) is 11.7 Å². The van der Waals surface area contributed by atoms with E-state index in [0.29, 0.717) is 23.6 Å². The van der Waals surface area contributed by atoms with Gasteiger partial charge in [-0.15, -0.1) is 0 Å². The summed E-state index contributed by atoms with van der Waals surface area (Å²) in [6, 6.07) is 5.13. The SMILES string of the molecule is CNCC(O)C(O)c1ccc2c(c1)OCO2. The van der Waals surface area contributed by atoms with Gasteiger partial charge >= 0.3 is 0 Å². The molecule has 0 spiro atoms. The molecule has 0 amide bonds. The maximum absolute atomic E-state index is 9.87. The van der Waals surface area contributed by atoms with Crippen molar-refractivity contribution in [2.75, 3.05) is 20.4 Å². The van der Waals surface area contributed by atoms with E-state index in [1.807, 2.05) is 0 Å². The van der Waals surface area contributed by atoms with Crippen molar-refractivity contribution in [2.45, 2.75) is 12.2 Å². The molecule has 2 unspecified atom stereocenters. The van der Waals surface area contributed by atoms with E-state index in [2.05, 4.69) is 5.32 Å². The van der Waals surface area contributed by atoms with E-state index >= 15 is 0 Å². The summed E-state index contributed by atoms with van der Waals surface area (Å²) in [7, 11) is 1.72. The average molecular weight is 225 g/mol. The standard InChI is InChI=1S/C11H15NO4/c1-12-5-8(13)11(14)7-2-3-9-10(4-7)16-6-15-9/h2-4,8,11-14H,5-6H2,1H3. The second-order valence-electron chi connectivity index (χ2n) is 3.68. The third kappa shape index (κ3) is 2.11. The zero-order valence-electron chi connectivity index (χ0n) is 9.01. The number of aliphatic hydroxyl groups excluding tert-OH is 2. The minimum atomic E-state index is -0.929. The van der Waals surface area contributed by atoms with Crippen molar-refractivity contribution < 1.29 is 19.7 Å². The fraction of sp³-hybridized carbons (Fsp3) is 0.455. The fourth-order valence-corrected chi connectivity index (χ4v) is 1.64. The highest BCUT2D eigenvalue weighted by Crippen LogP contribution is 2.34. The molecule has 2 rings (SSSR count). The van der Waals surface area contributed by atoms with Gasteiger partial charge in [-0.1, -0.05) is 6.07 Å². The van der Waals surface area contributed by atoms with Crippen LogP contribution in [0, 0.1) is 0 Å². The number of rotatable bonds is 4. The molecule has 1 aliphatic heterocycles. The minimum Gasteiger partial charge on any atom is -0.454 e. The van der Waals surface area contributed by atoms with E-state index < -0.39 is 12.2 Å². The molecule has 5 heteroatoms. The Bertz CT molecular complexity index is 369. The van der Waals surface area contributed by atoms with Gasteiger partial charge in [0.2, 0.25) is 6.79 Å². The molecule has 0 bridgehead atoms. The number of fused-ring (bicyclic) bond motifs is 1. The van der Waals surface area contributed by atoms with E-state index in [4.69, 9.17) is 9.47 Å². The highest BCUT2D eigenvalue weighted by molar-refractivity contribution is 5.45. The molecule has 0 aromatic heterocycles. The second-order valence-corrected chi connectivity index (χ2v) is 3.68. The van der Waals surface area contributed by atoms with Crippen molar-refractivity contribution in [3.8, 4) is 11.5 Å². The lowest BCUT2D eigenvalue weighted by molar-refractivity contribution is 0.0201. The maximum Gasteiger partial charge on any atom is 0.231 e. The summed E-state index contributed by atoms with van der Waals surface area (Å²) < 4.78 is 10.4. The van der Waals surface area contributed by atoms with Gasteiger partial charge in [0.1, 0.15) is 6.10 Å². The molecular weight excluding hydrogens is 210 g/mol. The molecular formula is C11H15NO4. The average Bonchev–Trinajstić information content (AvgIpc) is 2.75. The van der Waals surface area contributed by atoms with Gasteiger partial charge in [-0.25, -0.2) is 0 Å². The maximum atomic E-state index is 9.87. The van der Waals surface area contributed by atoms with Crippen molar-refractivity contribution in [2.24, 2.45) is 0 Å². The van der Waals surface area contributed by atoms with Gasteiger partial charge in [-0.05, 0) is 24.7 Å². The summed E-state index contributed by atoms with van der Waals surface area (Å²) in [6.45, 7) is 0.531. The zero-order valence-corrected chi connectivity index (χ0v) is 9.01. The third-order valence-electron chi connectivity index (χ3n) is 2.52. The number of likely N-dealkylation sites (N-methyl/N-ethyl adjacent to an activating group) is 1. The Morgan fingerprint density at radius 3 is 2.81 bits per heavy atom. The van der Waals surface area contributed by atoms with Gasteiger partial charge in [0.25, 0.3) is 0 Å². The van der Waals surface area contributed by atoms with Crippen molar-refractivity contribution >= 4 is 0 Å². The van der Waals surface area contributed by atoms with Crippen LogP contribution in [0.5, 0.6) is 11.5 Å². The molecule has 0 saturated heterocycles. The van der Waals surface area contributed by atoms with Crippen LogP contribution in [0.3, 0.4) is 0 Å². The monoisotopic (exact) mass is 225 g/mol. The number of hydrogen-bond donors (Lipinski definition) is 3. The van der Waals surface area contributed by atoms with E-state index in [9.17, 15) is 10.2 Å². The summed E-state index contributed by atoms with van der Waals surface area (Å²) in [6.07, 6.45) is -1.77. The summed E-state index contributed by atoms with van der Waals surface area (Å²) in [5, 5.41) is 22.3. The number of aliphatic hydroxyl groups is 2. The quantitative estimate of drug-likeness (QED) is 0.674. The van der Waals surface area contributed by atoms with Crippen LogP contribution in [-0.2, 0) is 0 Å². The largest absolute Gasteiger partial charge is 0.454 e. The number of nitrogens with one attached hydrogen (secondary N) is 1. The first-order valence-corrected chi connectivity index (χ1v) is 5.12. The molecule has 88 valence electrons. The fourth-order valence-electron chi connectivity index (χ4n) is 1.64. The number of ether oxygens (including phenoxy) is 2. The van der Waals surface area contributed by atoms with Crippen LogP contribution in [0.2, 0.25) is 0 Å². The molecule has 0 radical (unpaired) electrons. The minimum absolute atomic E-state index is 0.202. The van der Waals surface area contributed by atoms with Crippen LogP contribution in [0.15, 0.2) is 18.2 Å². The molecule has 2 atom stereocenters. The summed E-state index contributed by atoms with van der Waals surface area (Å²) in [5.74, 6) is 1.27. The first-order valence-electron chi connectivity index (χ1n) is 5.12. The molecule has 0 aliphatic carbocycles. The Morgan fingerprint density at radius 2 is 2.06 bits per heavy atom. The lowest BCUT2D eigenvalue weighted by Crippen LogP contribution is -2.29. The van der Waals surface area contributed by atoms with E-state index in [1.54, 1.807) is 25.2 Å².